The van der Waals surface area contributed by atoms with Crippen molar-refractivity contribution in [2.75, 3.05) is 11.1 Å². The Morgan fingerprint density at radius 2 is 1.83 bits per heavy atom. The molecule has 0 radical (unpaired) electrons. The van der Waals surface area contributed by atoms with Crippen LogP contribution in [0.4, 0.5) is 5.69 Å². The van der Waals surface area contributed by atoms with Gasteiger partial charge < -0.3 is 5.32 Å². The molecule has 18 heavy (non-hydrogen) atoms. The molecule has 0 saturated heterocycles. The van der Waals surface area contributed by atoms with Crippen LogP contribution in [0.25, 0.3) is 0 Å². The molecule has 1 aromatic rings. The van der Waals surface area contributed by atoms with Gasteiger partial charge in [0.2, 0.25) is 0 Å². The highest BCUT2D eigenvalue weighted by Crippen LogP contribution is 2.39. The van der Waals surface area contributed by atoms with Crippen molar-refractivity contribution in [1.29, 1.82) is 0 Å². The van der Waals surface area contributed by atoms with Crippen molar-refractivity contribution < 1.29 is 0 Å². The molecule has 1 N–H and O–H groups in total. The Hall–Kier alpha value is -0.480. The first-order chi connectivity index (χ1) is 8.76. The highest BCUT2D eigenvalue weighted by Gasteiger charge is 2.36. The fourth-order valence-corrected chi connectivity index (χ4v) is 4.14. The number of aliphatic imine (C=N–C) groups is 1. The predicted molar refractivity (Wildman–Crippen MR) is 83.5 cm³/mol. The summed E-state index contributed by atoms with van der Waals surface area (Å²) in [6.07, 6.45) is 6.61. The number of amidine groups is 1. The van der Waals surface area contributed by atoms with Crippen LogP contribution in [0.1, 0.15) is 32.1 Å². The minimum absolute atomic E-state index is 0.251. The van der Waals surface area contributed by atoms with E-state index in [1.165, 1.54) is 32.1 Å². The topological polar surface area (TPSA) is 24.4 Å². The lowest BCUT2D eigenvalue weighted by molar-refractivity contribution is 0.335. The Morgan fingerprint density at radius 3 is 2.56 bits per heavy atom. The molecule has 1 aromatic carbocycles. The van der Waals surface area contributed by atoms with Gasteiger partial charge in [-0.25, -0.2) is 0 Å². The van der Waals surface area contributed by atoms with E-state index in [4.69, 9.17) is 4.99 Å². The lowest BCUT2D eigenvalue weighted by atomic mass is 9.84. The molecule has 1 heterocycles. The molecule has 96 valence electrons. The Bertz CT molecular complexity index is 449. The summed E-state index contributed by atoms with van der Waals surface area (Å²) in [5.41, 5.74) is 1.37. The van der Waals surface area contributed by atoms with Gasteiger partial charge in [0, 0.05) is 15.9 Å². The maximum absolute atomic E-state index is 4.95. The van der Waals surface area contributed by atoms with Gasteiger partial charge >= 0.3 is 0 Å². The standard InChI is InChI=1S/C14H17BrN2S/c15-11-4-6-12(7-5-11)16-13-17-14(10-18-13)8-2-1-3-9-14/h4-7H,1-3,8-10H2,(H,16,17). The summed E-state index contributed by atoms with van der Waals surface area (Å²) in [7, 11) is 0. The second-order valence-corrected chi connectivity index (χ2v) is 7.00. The maximum atomic E-state index is 4.95. The van der Waals surface area contributed by atoms with Crippen molar-refractivity contribution in [3.63, 3.8) is 0 Å². The molecular formula is C14H17BrN2S. The first kappa shape index (κ1) is 12.5. The molecule has 1 fully saturated rings. The minimum atomic E-state index is 0.251. The molecule has 0 atom stereocenters. The number of thioether (sulfide) groups is 1. The van der Waals surface area contributed by atoms with Gasteiger partial charge in [0.25, 0.3) is 0 Å². The fraction of sp³-hybridized carbons (Fsp3) is 0.500. The van der Waals surface area contributed by atoms with Crippen LogP contribution in [0, 0.1) is 0 Å². The van der Waals surface area contributed by atoms with Gasteiger partial charge in [0.15, 0.2) is 5.17 Å². The van der Waals surface area contributed by atoms with Crippen molar-refractivity contribution in [2.24, 2.45) is 4.99 Å². The van der Waals surface area contributed by atoms with Gasteiger partial charge in [0.1, 0.15) is 0 Å². The summed E-state index contributed by atoms with van der Waals surface area (Å²) in [6, 6.07) is 8.27. The number of rotatable bonds is 1. The van der Waals surface area contributed by atoms with Gasteiger partial charge in [-0.1, -0.05) is 47.0 Å². The Balaban J connectivity index is 1.70. The molecule has 1 spiro atoms. The molecule has 2 nitrogen and oxygen atoms in total. The molecule has 0 amide bonds. The van der Waals surface area contributed by atoms with Crippen LogP contribution >= 0.6 is 27.7 Å². The largest absolute Gasteiger partial charge is 0.335 e. The lowest BCUT2D eigenvalue weighted by Gasteiger charge is -2.29. The van der Waals surface area contributed by atoms with E-state index in [0.717, 1.165) is 21.1 Å². The molecule has 1 aliphatic carbocycles. The van der Waals surface area contributed by atoms with Crippen LogP contribution in [0.5, 0.6) is 0 Å². The number of hydrogen-bond donors (Lipinski definition) is 1. The fourth-order valence-electron chi connectivity index (χ4n) is 2.67. The van der Waals surface area contributed by atoms with Crippen LogP contribution in [-0.4, -0.2) is 16.5 Å². The number of nitrogens with one attached hydrogen (secondary N) is 1. The van der Waals surface area contributed by atoms with Gasteiger partial charge in [-0.3, -0.25) is 4.99 Å². The Kier molecular flexibility index (Phi) is 3.66. The van der Waals surface area contributed by atoms with Crippen molar-refractivity contribution in [1.82, 2.24) is 0 Å². The lowest BCUT2D eigenvalue weighted by Crippen LogP contribution is -2.29. The van der Waals surface area contributed by atoms with E-state index in [-0.39, 0.29) is 5.54 Å². The van der Waals surface area contributed by atoms with Crippen LogP contribution in [-0.2, 0) is 0 Å². The van der Waals surface area contributed by atoms with E-state index in [1.54, 1.807) is 0 Å². The van der Waals surface area contributed by atoms with Crippen LogP contribution in [0.2, 0.25) is 0 Å². The molecule has 0 bridgehead atoms. The molecular weight excluding hydrogens is 308 g/mol. The molecule has 1 aliphatic heterocycles. The minimum Gasteiger partial charge on any atom is -0.335 e. The van der Waals surface area contributed by atoms with E-state index >= 15 is 0 Å². The third kappa shape index (κ3) is 2.75. The maximum Gasteiger partial charge on any atom is 0.161 e. The summed E-state index contributed by atoms with van der Waals surface area (Å²) >= 11 is 5.33. The summed E-state index contributed by atoms with van der Waals surface area (Å²) < 4.78 is 1.11. The van der Waals surface area contributed by atoms with Crippen molar-refractivity contribution in [3.8, 4) is 0 Å². The normalized spacial score (nSPS) is 21.9. The summed E-state index contributed by atoms with van der Waals surface area (Å²) in [4.78, 5) is 4.95. The zero-order valence-corrected chi connectivity index (χ0v) is 12.7. The summed E-state index contributed by atoms with van der Waals surface area (Å²) in [6.45, 7) is 0. The Labute approximate surface area is 121 Å². The van der Waals surface area contributed by atoms with Gasteiger partial charge in [-0.2, -0.15) is 0 Å². The summed E-state index contributed by atoms with van der Waals surface area (Å²) in [5, 5.41) is 4.53. The van der Waals surface area contributed by atoms with Gasteiger partial charge in [0.05, 0.1) is 5.54 Å². The van der Waals surface area contributed by atoms with Crippen molar-refractivity contribution in [3.05, 3.63) is 28.7 Å². The van der Waals surface area contributed by atoms with Crippen LogP contribution in [0.3, 0.4) is 0 Å². The number of nitrogens with zero attached hydrogens (tertiary/aromatic N) is 1. The molecule has 0 unspecified atom stereocenters. The smallest absolute Gasteiger partial charge is 0.161 e. The SMILES string of the molecule is Brc1ccc(NC2=NC3(CCCCC3)CS2)cc1. The highest BCUT2D eigenvalue weighted by atomic mass is 79.9. The van der Waals surface area contributed by atoms with E-state index in [9.17, 15) is 0 Å². The first-order valence-electron chi connectivity index (χ1n) is 6.51. The third-order valence-corrected chi connectivity index (χ3v) is 5.37. The number of halogens is 1. The molecule has 2 aliphatic rings. The summed E-state index contributed by atoms with van der Waals surface area (Å²) in [5.74, 6) is 1.16. The third-order valence-electron chi connectivity index (χ3n) is 3.70. The molecule has 0 aromatic heterocycles. The molecule has 4 heteroatoms. The first-order valence-corrected chi connectivity index (χ1v) is 8.29. The number of anilines is 1. The van der Waals surface area contributed by atoms with Crippen LogP contribution in [0.15, 0.2) is 33.7 Å². The molecule has 3 rings (SSSR count). The highest BCUT2D eigenvalue weighted by molar-refractivity contribution is 9.10. The van der Waals surface area contributed by atoms with Crippen LogP contribution < -0.4 is 5.32 Å². The van der Waals surface area contributed by atoms with Crippen molar-refractivity contribution >= 4 is 38.5 Å². The second kappa shape index (κ2) is 5.25. The monoisotopic (exact) mass is 324 g/mol. The van der Waals surface area contributed by atoms with Crippen molar-refractivity contribution in [2.45, 2.75) is 37.6 Å². The zero-order chi connectivity index (χ0) is 12.4. The number of benzene rings is 1. The van der Waals surface area contributed by atoms with E-state index in [1.807, 2.05) is 11.8 Å². The van der Waals surface area contributed by atoms with E-state index in [0.29, 0.717) is 0 Å². The van der Waals surface area contributed by atoms with Gasteiger partial charge in [-0.15, -0.1) is 0 Å². The quantitative estimate of drug-likeness (QED) is 0.812. The Morgan fingerprint density at radius 1 is 1.11 bits per heavy atom. The number of hydrogen-bond acceptors (Lipinski definition) is 3. The molecule has 1 saturated carbocycles. The predicted octanol–water partition coefficient (Wildman–Crippen LogP) is 4.67. The average molecular weight is 325 g/mol. The zero-order valence-electron chi connectivity index (χ0n) is 10.3. The van der Waals surface area contributed by atoms with E-state index < -0.39 is 0 Å². The average Bonchev–Trinajstić information content (AvgIpc) is 2.76. The second-order valence-electron chi connectivity index (χ2n) is 5.12. The van der Waals surface area contributed by atoms with Gasteiger partial charge in [-0.05, 0) is 37.1 Å². The van der Waals surface area contributed by atoms with E-state index in [2.05, 4.69) is 45.5 Å².